The minimum absolute atomic E-state index is 0.00380. The fourth-order valence-corrected chi connectivity index (χ4v) is 1.41. The molecule has 1 atom stereocenters. The third-order valence-electron chi connectivity index (χ3n) is 2.51. The molecule has 0 aliphatic rings. The standard InChI is InChI=1S/C11H14N2O4/c1-2-11(13-12,10(16)17)6-7-3-4-8(14)9(15)5-7/h2-5,13-15H,1,6,12H2,(H,16,17). The molecule has 17 heavy (non-hydrogen) atoms. The predicted molar refractivity (Wildman–Crippen MR) is 61.4 cm³/mol. The van der Waals surface area contributed by atoms with Crippen molar-refractivity contribution >= 4 is 5.97 Å². The van der Waals surface area contributed by atoms with Gasteiger partial charge in [-0.05, 0) is 17.7 Å². The fourth-order valence-electron chi connectivity index (χ4n) is 1.41. The molecule has 0 saturated heterocycles. The van der Waals surface area contributed by atoms with E-state index in [9.17, 15) is 9.90 Å². The zero-order chi connectivity index (χ0) is 13.1. The van der Waals surface area contributed by atoms with E-state index < -0.39 is 11.5 Å². The van der Waals surface area contributed by atoms with Gasteiger partial charge < -0.3 is 15.3 Å². The molecule has 1 aromatic rings. The molecule has 0 aliphatic heterocycles. The normalized spacial score (nSPS) is 13.9. The van der Waals surface area contributed by atoms with Gasteiger partial charge in [-0.2, -0.15) is 0 Å². The number of rotatable bonds is 5. The smallest absolute Gasteiger partial charge is 0.329 e. The van der Waals surface area contributed by atoms with Crippen molar-refractivity contribution in [1.82, 2.24) is 5.43 Å². The molecule has 1 unspecified atom stereocenters. The number of phenols is 2. The summed E-state index contributed by atoms with van der Waals surface area (Å²) in [5.74, 6) is 3.46. The Hall–Kier alpha value is -2.05. The van der Waals surface area contributed by atoms with Gasteiger partial charge in [-0.3, -0.25) is 5.84 Å². The van der Waals surface area contributed by atoms with Crippen LogP contribution >= 0.6 is 0 Å². The predicted octanol–water partition coefficient (Wildman–Crippen LogP) is 0.113. The number of phenolic OH excluding ortho intramolecular Hbond substituents is 2. The average molecular weight is 238 g/mol. The summed E-state index contributed by atoms with van der Waals surface area (Å²) in [7, 11) is 0. The van der Waals surface area contributed by atoms with Crippen molar-refractivity contribution in [2.24, 2.45) is 5.84 Å². The molecule has 1 rings (SSSR count). The Kier molecular flexibility index (Phi) is 3.72. The molecule has 0 heterocycles. The number of nitrogens with one attached hydrogen (secondary N) is 1. The number of hydrogen-bond donors (Lipinski definition) is 5. The minimum atomic E-state index is -1.51. The first-order valence-electron chi connectivity index (χ1n) is 4.81. The number of hydrazine groups is 1. The Morgan fingerprint density at radius 2 is 2.12 bits per heavy atom. The summed E-state index contributed by atoms with van der Waals surface area (Å²) in [6.07, 6.45) is 1.18. The van der Waals surface area contributed by atoms with Crippen molar-refractivity contribution in [3.8, 4) is 11.5 Å². The van der Waals surface area contributed by atoms with Gasteiger partial charge in [0, 0.05) is 6.42 Å². The number of aromatic hydroxyl groups is 2. The molecular formula is C11H14N2O4. The highest BCUT2D eigenvalue weighted by molar-refractivity contribution is 5.81. The molecule has 0 radical (unpaired) electrons. The first kappa shape index (κ1) is 13.0. The van der Waals surface area contributed by atoms with Gasteiger partial charge in [0.1, 0.15) is 0 Å². The van der Waals surface area contributed by atoms with E-state index in [1.807, 2.05) is 0 Å². The van der Waals surface area contributed by atoms with E-state index >= 15 is 0 Å². The second kappa shape index (κ2) is 4.86. The molecule has 0 saturated carbocycles. The van der Waals surface area contributed by atoms with Gasteiger partial charge in [-0.25, -0.2) is 10.2 Å². The summed E-state index contributed by atoms with van der Waals surface area (Å²) < 4.78 is 0. The molecule has 92 valence electrons. The minimum Gasteiger partial charge on any atom is -0.504 e. The average Bonchev–Trinajstić information content (AvgIpc) is 2.30. The molecule has 6 nitrogen and oxygen atoms in total. The SMILES string of the molecule is C=CC(Cc1ccc(O)c(O)c1)(NN)C(=O)O. The molecule has 0 spiro atoms. The summed E-state index contributed by atoms with van der Waals surface area (Å²) in [6.45, 7) is 3.43. The van der Waals surface area contributed by atoms with Crippen LogP contribution in [0.2, 0.25) is 0 Å². The third-order valence-corrected chi connectivity index (χ3v) is 2.51. The zero-order valence-electron chi connectivity index (χ0n) is 9.05. The van der Waals surface area contributed by atoms with Gasteiger partial charge >= 0.3 is 5.97 Å². The Bertz CT molecular complexity index is 447. The number of aliphatic carboxylic acids is 1. The summed E-state index contributed by atoms with van der Waals surface area (Å²) in [5, 5.41) is 27.5. The van der Waals surface area contributed by atoms with Crippen LogP contribution in [0.4, 0.5) is 0 Å². The van der Waals surface area contributed by atoms with Crippen molar-refractivity contribution in [3.05, 3.63) is 36.4 Å². The number of carboxylic acid groups (broad SMARTS) is 1. The van der Waals surface area contributed by atoms with Crippen molar-refractivity contribution in [3.63, 3.8) is 0 Å². The highest BCUT2D eigenvalue weighted by atomic mass is 16.4. The third kappa shape index (κ3) is 2.55. The Labute approximate surface area is 98.0 Å². The quantitative estimate of drug-likeness (QED) is 0.215. The molecule has 1 aromatic carbocycles. The maximum atomic E-state index is 11.1. The van der Waals surface area contributed by atoms with E-state index in [0.29, 0.717) is 5.56 Å². The lowest BCUT2D eigenvalue weighted by Crippen LogP contribution is -2.55. The van der Waals surface area contributed by atoms with Gasteiger partial charge in [0.25, 0.3) is 0 Å². The summed E-state index contributed by atoms with van der Waals surface area (Å²) in [4.78, 5) is 11.1. The first-order valence-corrected chi connectivity index (χ1v) is 4.81. The number of carbonyl (C=O) groups is 1. The van der Waals surface area contributed by atoms with Crippen molar-refractivity contribution in [2.45, 2.75) is 12.0 Å². The molecule has 0 fully saturated rings. The highest BCUT2D eigenvalue weighted by Crippen LogP contribution is 2.27. The molecule has 6 N–H and O–H groups in total. The van der Waals surface area contributed by atoms with Gasteiger partial charge in [-0.15, -0.1) is 6.58 Å². The first-order chi connectivity index (χ1) is 7.95. The lowest BCUT2D eigenvalue weighted by Gasteiger charge is -2.24. The highest BCUT2D eigenvalue weighted by Gasteiger charge is 2.34. The van der Waals surface area contributed by atoms with E-state index in [2.05, 4.69) is 12.0 Å². The van der Waals surface area contributed by atoms with Crippen molar-refractivity contribution < 1.29 is 20.1 Å². The molecule has 6 heteroatoms. The maximum absolute atomic E-state index is 11.1. The van der Waals surface area contributed by atoms with Crippen LogP contribution in [-0.4, -0.2) is 26.8 Å². The van der Waals surface area contributed by atoms with Crippen LogP contribution in [-0.2, 0) is 11.2 Å². The summed E-state index contributed by atoms with van der Waals surface area (Å²) >= 11 is 0. The van der Waals surface area contributed by atoms with Gasteiger partial charge in [-0.1, -0.05) is 12.1 Å². The summed E-state index contributed by atoms with van der Waals surface area (Å²) in [5.41, 5.74) is 1.18. The second-order valence-electron chi connectivity index (χ2n) is 3.62. The van der Waals surface area contributed by atoms with Crippen LogP contribution in [0.25, 0.3) is 0 Å². The van der Waals surface area contributed by atoms with E-state index in [4.69, 9.17) is 16.1 Å². The Morgan fingerprint density at radius 1 is 1.47 bits per heavy atom. The van der Waals surface area contributed by atoms with Gasteiger partial charge in [0.2, 0.25) is 0 Å². The van der Waals surface area contributed by atoms with Gasteiger partial charge in [0.05, 0.1) is 0 Å². The van der Waals surface area contributed by atoms with Crippen LogP contribution in [0, 0.1) is 0 Å². The molecule has 0 bridgehead atoms. The Balaban J connectivity index is 3.05. The van der Waals surface area contributed by atoms with Crippen molar-refractivity contribution in [2.75, 3.05) is 0 Å². The van der Waals surface area contributed by atoms with E-state index in [-0.39, 0.29) is 17.9 Å². The van der Waals surface area contributed by atoms with Crippen LogP contribution < -0.4 is 11.3 Å². The fraction of sp³-hybridized carbons (Fsp3) is 0.182. The molecular weight excluding hydrogens is 224 g/mol. The van der Waals surface area contributed by atoms with Crippen LogP contribution in [0.15, 0.2) is 30.9 Å². The monoisotopic (exact) mass is 238 g/mol. The van der Waals surface area contributed by atoms with Gasteiger partial charge in [0.15, 0.2) is 17.0 Å². The second-order valence-corrected chi connectivity index (χ2v) is 3.62. The number of hydrogen-bond acceptors (Lipinski definition) is 5. The van der Waals surface area contributed by atoms with E-state index in [1.54, 1.807) is 0 Å². The summed E-state index contributed by atoms with van der Waals surface area (Å²) in [6, 6.07) is 4.04. The molecule has 0 aromatic heterocycles. The van der Waals surface area contributed by atoms with Crippen LogP contribution in [0.1, 0.15) is 5.56 Å². The van der Waals surface area contributed by atoms with E-state index in [1.165, 1.54) is 24.3 Å². The molecule has 0 aliphatic carbocycles. The van der Waals surface area contributed by atoms with Crippen molar-refractivity contribution in [1.29, 1.82) is 0 Å². The lowest BCUT2D eigenvalue weighted by atomic mass is 9.91. The molecule has 0 amide bonds. The lowest BCUT2D eigenvalue weighted by molar-refractivity contribution is -0.142. The number of benzene rings is 1. The number of nitrogens with two attached hydrogens (primary N) is 1. The van der Waals surface area contributed by atoms with E-state index in [0.717, 1.165) is 0 Å². The topological polar surface area (TPSA) is 116 Å². The Morgan fingerprint density at radius 3 is 2.53 bits per heavy atom. The van der Waals surface area contributed by atoms with Crippen LogP contribution in [0.3, 0.4) is 0 Å². The zero-order valence-corrected chi connectivity index (χ0v) is 9.05. The van der Waals surface area contributed by atoms with Crippen LogP contribution in [0.5, 0.6) is 11.5 Å². The number of carboxylic acids is 1. The largest absolute Gasteiger partial charge is 0.504 e. The maximum Gasteiger partial charge on any atom is 0.329 e.